The highest BCUT2D eigenvalue weighted by Gasteiger charge is 2.22. The van der Waals surface area contributed by atoms with E-state index in [0.717, 1.165) is 10.6 Å². The number of anilines is 1. The number of halogens is 1. The summed E-state index contributed by atoms with van der Waals surface area (Å²) in [6.07, 6.45) is 0.986. The average Bonchev–Trinajstić information content (AvgIpc) is 2.59. The second-order valence-corrected chi connectivity index (χ2v) is 5.63. The van der Waals surface area contributed by atoms with Crippen LogP contribution in [0.15, 0.2) is 41.5 Å². The molecule has 0 unspecified atom stereocenters. The largest absolute Gasteiger partial charge is 0.304 e. The van der Waals surface area contributed by atoms with Gasteiger partial charge in [0.1, 0.15) is 11.5 Å². The molecule has 8 heteroatoms. The van der Waals surface area contributed by atoms with Gasteiger partial charge < -0.3 is 5.32 Å². The lowest BCUT2D eigenvalue weighted by molar-refractivity contribution is -0.130. The molecule has 1 aliphatic rings. The number of hydrogen-bond acceptors (Lipinski definition) is 5. The van der Waals surface area contributed by atoms with Gasteiger partial charge in [0, 0.05) is 26.3 Å². The van der Waals surface area contributed by atoms with Crippen molar-refractivity contribution in [3.05, 3.63) is 53.5 Å². The highest BCUT2D eigenvalue weighted by atomic mass is 19.1. The number of carbonyl (C=O) groups excluding carboxylic acids is 2. The van der Waals surface area contributed by atoms with Crippen molar-refractivity contribution in [3.63, 3.8) is 0 Å². The molecule has 1 aromatic heterocycles. The van der Waals surface area contributed by atoms with Crippen molar-refractivity contribution in [2.24, 2.45) is 5.10 Å². The quantitative estimate of drug-likeness (QED) is 0.918. The van der Waals surface area contributed by atoms with Gasteiger partial charge in [0.05, 0.1) is 5.69 Å². The van der Waals surface area contributed by atoms with Crippen molar-refractivity contribution in [2.45, 2.75) is 19.3 Å². The van der Waals surface area contributed by atoms with Crippen LogP contribution in [0.2, 0.25) is 0 Å². The van der Waals surface area contributed by atoms with E-state index < -0.39 is 5.91 Å². The van der Waals surface area contributed by atoms with E-state index in [1.165, 1.54) is 19.2 Å². The molecule has 2 heterocycles. The fourth-order valence-corrected chi connectivity index (χ4v) is 2.40. The van der Waals surface area contributed by atoms with E-state index in [0.29, 0.717) is 18.5 Å². The molecule has 128 valence electrons. The fraction of sp³-hybridized carbons (Fsp3) is 0.235. The molecule has 0 fully saturated rings. The molecule has 0 radical (unpaired) electrons. The Balaban J connectivity index is 1.63. The zero-order valence-electron chi connectivity index (χ0n) is 13.6. The van der Waals surface area contributed by atoms with Crippen LogP contribution in [0, 0.1) is 5.82 Å². The Bertz CT molecular complexity index is 835. The number of nitrogens with zero attached hydrogens (tertiary/aromatic N) is 4. The topological polar surface area (TPSA) is 87.6 Å². The van der Waals surface area contributed by atoms with Gasteiger partial charge in [-0.3, -0.25) is 9.59 Å². The molecule has 0 aliphatic carbocycles. The second-order valence-electron chi connectivity index (χ2n) is 5.63. The van der Waals surface area contributed by atoms with E-state index in [9.17, 15) is 14.0 Å². The van der Waals surface area contributed by atoms with Crippen LogP contribution >= 0.6 is 0 Å². The summed E-state index contributed by atoms with van der Waals surface area (Å²) < 4.78 is 13.2. The summed E-state index contributed by atoms with van der Waals surface area (Å²) >= 11 is 0. The van der Waals surface area contributed by atoms with Gasteiger partial charge in [-0.05, 0) is 29.8 Å². The van der Waals surface area contributed by atoms with Crippen LogP contribution in [0.25, 0.3) is 0 Å². The Kier molecular flexibility index (Phi) is 4.78. The minimum Gasteiger partial charge on any atom is -0.304 e. The first-order valence-electron chi connectivity index (χ1n) is 7.74. The third-order valence-corrected chi connectivity index (χ3v) is 3.71. The number of benzene rings is 1. The fourth-order valence-electron chi connectivity index (χ4n) is 2.40. The number of hydrazone groups is 1. The van der Waals surface area contributed by atoms with Crippen LogP contribution in [0.1, 0.15) is 24.1 Å². The number of aromatic nitrogens is 2. The third kappa shape index (κ3) is 4.23. The van der Waals surface area contributed by atoms with Crippen LogP contribution in [0.3, 0.4) is 0 Å². The summed E-state index contributed by atoms with van der Waals surface area (Å²) in [7, 11) is 1.51. The minimum atomic E-state index is -0.411. The van der Waals surface area contributed by atoms with Crippen molar-refractivity contribution < 1.29 is 14.0 Å². The van der Waals surface area contributed by atoms with Crippen LogP contribution < -0.4 is 5.32 Å². The van der Waals surface area contributed by atoms with E-state index in [1.54, 1.807) is 24.3 Å². The number of hydrogen-bond donors (Lipinski definition) is 1. The Hall–Kier alpha value is -3.16. The molecule has 0 spiro atoms. The molecule has 1 aromatic carbocycles. The molecule has 7 nitrogen and oxygen atoms in total. The Morgan fingerprint density at radius 2 is 2.08 bits per heavy atom. The number of nitrogens with one attached hydrogen (secondary N) is 1. The molecular weight excluding hydrogens is 325 g/mol. The summed E-state index contributed by atoms with van der Waals surface area (Å²) in [4.78, 5) is 23.5. The maximum Gasteiger partial charge on any atom is 0.273 e. The van der Waals surface area contributed by atoms with Gasteiger partial charge in [-0.15, -0.1) is 5.10 Å². The normalized spacial score (nSPS) is 14.2. The smallest absolute Gasteiger partial charge is 0.273 e. The Morgan fingerprint density at radius 1 is 1.24 bits per heavy atom. The lowest BCUT2D eigenvalue weighted by atomic mass is 10.1. The maximum absolute atomic E-state index is 13.2. The molecule has 0 saturated carbocycles. The molecule has 3 rings (SSSR count). The van der Waals surface area contributed by atoms with Crippen LogP contribution in [0.4, 0.5) is 10.2 Å². The first-order valence-corrected chi connectivity index (χ1v) is 7.74. The SMILES string of the molecule is CN1N=C(C(=O)Nc2ccc(Cc3cccc(F)c3)nn2)CCC1=O. The number of carbonyl (C=O) groups is 2. The molecule has 0 bridgehead atoms. The van der Waals surface area contributed by atoms with Crippen LogP contribution in [-0.2, 0) is 16.0 Å². The predicted molar refractivity (Wildman–Crippen MR) is 89.3 cm³/mol. The van der Waals surface area contributed by atoms with Crippen molar-refractivity contribution in [3.8, 4) is 0 Å². The van der Waals surface area contributed by atoms with E-state index in [4.69, 9.17) is 0 Å². The zero-order valence-corrected chi connectivity index (χ0v) is 13.6. The first-order chi connectivity index (χ1) is 12.0. The van der Waals surface area contributed by atoms with E-state index in [-0.39, 0.29) is 29.7 Å². The van der Waals surface area contributed by atoms with Crippen LogP contribution in [0.5, 0.6) is 0 Å². The summed E-state index contributed by atoms with van der Waals surface area (Å²) in [6.45, 7) is 0. The lowest BCUT2D eigenvalue weighted by Gasteiger charge is -2.18. The Labute approximate surface area is 143 Å². The standard InChI is InChI=1S/C17H16FN5O2/c1-23-16(24)8-6-14(22-23)17(25)19-15-7-5-13(20-21-15)10-11-3-2-4-12(18)9-11/h2-5,7,9H,6,8,10H2,1H3,(H,19,21,25). The minimum absolute atomic E-state index is 0.127. The van der Waals surface area contributed by atoms with Gasteiger partial charge in [-0.2, -0.15) is 10.2 Å². The van der Waals surface area contributed by atoms with Crippen molar-refractivity contribution in [1.29, 1.82) is 0 Å². The Morgan fingerprint density at radius 3 is 2.76 bits per heavy atom. The van der Waals surface area contributed by atoms with E-state index in [1.807, 2.05) is 0 Å². The number of amides is 2. The van der Waals surface area contributed by atoms with Gasteiger partial charge in [0.15, 0.2) is 5.82 Å². The van der Waals surface area contributed by atoms with E-state index in [2.05, 4.69) is 20.6 Å². The van der Waals surface area contributed by atoms with Gasteiger partial charge in [-0.25, -0.2) is 9.40 Å². The van der Waals surface area contributed by atoms with Crippen molar-refractivity contribution in [1.82, 2.24) is 15.2 Å². The molecular formula is C17H16FN5O2. The van der Waals surface area contributed by atoms with Crippen molar-refractivity contribution >= 4 is 23.3 Å². The monoisotopic (exact) mass is 341 g/mol. The van der Waals surface area contributed by atoms with Gasteiger partial charge in [-0.1, -0.05) is 12.1 Å². The zero-order chi connectivity index (χ0) is 17.8. The summed E-state index contributed by atoms with van der Waals surface area (Å²) in [5, 5.41) is 15.7. The van der Waals surface area contributed by atoms with Crippen LogP contribution in [-0.4, -0.2) is 39.8 Å². The van der Waals surface area contributed by atoms with E-state index >= 15 is 0 Å². The molecule has 1 N–H and O–H groups in total. The lowest BCUT2D eigenvalue weighted by Crippen LogP contribution is -2.34. The van der Waals surface area contributed by atoms with Gasteiger partial charge in [0.2, 0.25) is 5.91 Å². The molecule has 1 aliphatic heterocycles. The highest BCUT2D eigenvalue weighted by molar-refractivity contribution is 6.43. The van der Waals surface area contributed by atoms with Gasteiger partial charge in [0.25, 0.3) is 5.91 Å². The number of rotatable bonds is 4. The average molecular weight is 341 g/mol. The first kappa shape index (κ1) is 16.7. The van der Waals surface area contributed by atoms with Gasteiger partial charge >= 0.3 is 0 Å². The molecule has 25 heavy (non-hydrogen) atoms. The molecule has 2 amide bonds. The summed E-state index contributed by atoms with van der Waals surface area (Å²) in [5.74, 6) is -0.550. The van der Waals surface area contributed by atoms with Crippen molar-refractivity contribution in [2.75, 3.05) is 12.4 Å². The predicted octanol–water partition coefficient (Wildman–Crippen LogP) is 1.75. The maximum atomic E-state index is 13.2. The summed E-state index contributed by atoms with van der Waals surface area (Å²) in [5.41, 5.74) is 1.71. The molecule has 0 saturated heterocycles. The summed E-state index contributed by atoms with van der Waals surface area (Å²) in [6, 6.07) is 9.60. The second kappa shape index (κ2) is 7.16. The third-order valence-electron chi connectivity index (χ3n) is 3.71. The highest BCUT2D eigenvalue weighted by Crippen LogP contribution is 2.12. The molecule has 0 atom stereocenters. The molecule has 2 aromatic rings.